The van der Waals surface area contributed by atoms with E-state index in [1.54, 1.807) is 6.20 Å². The molecule has 0 N–H and O–H groups in total. The summed E-state index contributed by atoms with van der Waals surface area (Å²) >= 11 is 1.46. The molecule has 0 aliphatic heterocycles. The summed E-state index contributed by atoms with van der Waals surface area (Å²) in [6.45, 7) is 0. The molecule has 4 nitrogen and oxygen atoms in total. The quantitative estimate of drug-likeness (QED) is 0.598. The van der Waals surface area contributed by atoms with Crippen LogP contribution in [0.3, 0.4) is 0 Å². The van der Waals surface area contributed by atoms with Crippen molar-refractivity contribution < 1.29 is 4.79 Å². The second kappa shape index (κ2) is 4.57. The van der Waals surface area contributed by atoms with E-state index in [-0.39, 0.29) is 5.78 Å². The number of aryl methyl sites for hydroxylation is 2. The van der Waals surface area contributed by atoms with Gasteiger partial charge in [0.1, 0.15) is 0 Å². The van der Waals surface area contributed by atoms with E-state index in [1.807, 2.05) is 47.8 Å². The summed E-state index contributed by atoms with van der Waals surface area (Å²) in [5, 5.41) is 0.863. The first-order valence-electron chi connectivity index (χ1n) is 4.93. The minimum Gasteiger partial charge on any atom is -0.348 e. The van der Waals surface area contributed by atoms with Gasteiger partial charge in [0, 0.05) is 32.7 Å². The monoisotopic (exact) mass is 235 g/mol. The molecule has 0 unspecified atom stereocenters. The Morgan fingerprint density at radius 1 is 1.38 bits per heavy atom. The molecule has 2 aromatic heterocycles. The number of nitrogens with zero attached hydrogens (tertiary/aromatic N) is 3. The van der Waals surface area contributed by atoms with Gasteiger partial charge in [0.2, 0.25) is 0 Å². The Kier molecular flexibility index (Phi) is 3.14. The predicted octanol–water partition coefficient (Wildman–Crippen LogP) is 1.73. The Bertz CT molecular complexity index is 501. The zero-order valence-corrected chi connectivity index (χ0v) is 10.1. The lowest BCUT2D eigenvalue weighted by atomic mass is 10.3. The first-order valence-corrected chi connectivity index (χ1v) is 5.91. The largest absolute Gasteiger partial charge is 0.348 e. The van der Waals surface area contributed by atoms with Crippen LogP contribution in [0.2, 0.25) is 0 Å². The van der Waals surface area contributed by atoms with Crippen LogP contribution in [-0.2, 0) is 14.1 Å². The zero-order chi connectivity index (χ0) is 11.5. The third kappa shape index (κ3) is 2.19. The number of imidazole rings is 1. The molecule has 2 rings (SSSR count). The molecule has 0 aromatic carbocycles. The van der Waals surface area contributed by atoms with E-state index < -0.39 is 0 Å². The molecular weight excluding hydrogens is 222 g/mol. The Morgan fingerprint density at radius 3 is 2.75 bits per heavy atom. The van der Waals surface area contributed by atoms with Crippen LogP contribution in [0.4, 0.5) is 0 Å². The van der Waals surface area contributed by atoms with Gasteiger partial charge >= 0.3 is 0 Å². The van der Waals surface area contributed by atoms with Gasteiger partial charge in [-0.25, -0.2) is 4.98 Å². The SMILES string of the molecule is Cn1cccc1C(=O)CSc1nccn1C. The Labute approximate surface area is 98.3 Å². The molecular formula is C11H13N3OS. The number of aromatic nitrogens is 3. The van der Waals surface area contributed by atoms with Crippen LogP contribution >= 0.6 is 11.8 Å². The van der Waals surface area contributed by atoms with E-state index in [0.29, 0.717) is 5.75 Å². The zero-order valence-electron chi connectivity index (χ0n) is 9.25. The third-order valence-electron chi connectivity index (χ3n) is 2.34. The van der Waals surface area contributed by atoms with E-state index in [4.69, 9.17) is 0 Å². The molecule has 0 bridgehead atoms. The smallest absolute Gasteiger partial charge is 0.189 e. The number of hydrogen-bond acceptors (Lipinski definition) is 3. The number of hydrogen-bond donors (Lipinski definition) is 0. The fourth-order valence-electron chi connectivity index (χ4n) is 1.45. The van der Waals surface area contributed by atoms with Crippen molar-refractivity contribution in [3.05, 3.63) is 36.4 Å². The van der Waals surface area contributed by atoms with E-state index in [1.165, 1.54) is 11.8 Å². The van der Waals surface area contributed by atoms with Crippen molar-refractivity contribution in [1.29, 1.82) is 0 Å². The molecule has 0 atom stereocenters. The summed E-state index contributed by atoms with van der Waals surface area (Å²) in [6.07, 6.45) is 5.48. The average Bonchev–Trinajstić information content (AvgIpc) is 2.84. The number of ketones is 1. The highest BCUT2D eigenvalue weighted by Crippen LogP contribution is 2.16. The van der Waals surface area contributed by atoms with Crippen LogP contribution < -0.4 is 0 Å². The van der Waals surface area contributed by atoms with Crippen LogP contribution in [0.1, 0.15) is 10.5 Å². The lowest BCUT2D eigenvalue weighted by Crippen LogP contribution is -2.08. The number of rotatable bonds is 4. The van der Waals surface area contributed by atoms with Crippen molar-refractivity contribution in [1.82, 2.24) is 14.1 Å². The van der Waals surface area contributed by atoms with Crippen LogP contribution in [0.25, 0.3) is 0 Å². The van der Waals surface area contributed by atoms with Crippen molar-refractivity contribution in [2.45, 2.75) is 5.16 Å². The van der Waals surface area contributed by atoms with Gasteiger partial charge in [0.25, 0.3) is 0 Å². The molecule has 84 valence electrons. The highest BCUT2D eigenvalue weighted by molar-refractivity contribution is 7.99. The summed E-state index contributed by atoms with van der Waals surface area (Å²) in [4.78, 5) is 16.0. The van der Waals surface area contributed by atoms with E-state index in [0.717, 1.165) is 10.9 Å². The molecule has 0 fully saturated rings. The van der Waals surface area contributed by atoms with Gasteiger partial charge in [-0.1, -0.05) is 11.8 Å². The van der Waals surface area contributed by atoms with Gasteiger partial charge in [0.15, 0.2) is 10.9 Å². The molecule has 16 heavy (non-hydrogen) atoms. The van der Waals surface area contributed by atoms with Gasteiger partial charge < -0.3 is 9.13 Å². The standard InChI is InChI=1S/C11H13N3OS/c1-13-6-3-4-9(13)10(15)8-16-11-12-5-7-14(11)2/h3-7H,8H2,1-2H3. The summed E-state index contributed by atoms with van der Waals surface area (Å²) in [5.41, 5.74) is 0.738. The second-order valence-electron chi connectivity index (χ2n) is 3.54. The predicted molar refractivity (Wildman–Crippen MR) is 63.7 cm³/mol. The normalized spacial score (nSPS) is 10.6. The van der Waals surface area contributed by atoms with Gasteiger partial charge in [-0.3, -0.25) is 4.79 Å². The maximum absolute atomic E-state index is 11.9. The third-order valence-corrected chi connectivity index (χ3v) is 3.40. The average molecular weight is 235 g/mol. The van der Waals surface area contributed by atoms with Crippen molar-refractivity contribution in [2.75, 3.05) is 5.75 Å². The minimum atomic E-state index is 0.125. The minimum absolute atomic E-state index is 0.125. The highest BCUT2D eigenvalue weighted by atomic mass is 32.2. The van der Waals surface area contributed by atoms with Crippen LogP contribution in [-0.4, -0.2) is 25.7 Å². The van der Waals surface area contributed by atoms with Crippen molar-refractivity contribution in [3.8, 4) is 0 Å². The Morgan fingerprint density at radius 2 is 2.19 bits per heavy atom. The van der Waals surface area contributed by atoms with Crippen LogP contribution in [0, 0.1) is 0 Å². The maximum Gasteiger partial charge on any atom is 0.189 e. The molecule has 0 radical (unpaired) electrons. The summed E-state index contributed by atoms with van der Waals surface area (Å²) in [6, 6.07) is 3.71. The van der Waals surface area contributed by atoms with Gasteiger partial charge in [-0.2, -0.15) is 0 Å². The van der Waals surface area contributed by atoms with Crippen molar-refractivity contribution in [3.63, 3.8) is 0 Å². The Balaban J connectivity index is 1.99. The first kappa shape index (κ1) is 11.0. The summed E-state index contributed by atoms with van der Waals surface area (Å²) < 4.78 is 3.74. The van der Waals surface area contributed by atoms with Crippen LogP contribution in [0.15, 0.2) is 35.9 Å². The van der Waals surface area contributed by atoms with E-state index >= 15 is 0 Å². The van der Waals surface area contributed by atoms with Gasteiger partial charge in [-0.05, 0) is 12.1 Å². The topological polar surface area (TPSA) is 39.8 Å². The molecule has 0 aliphatic carbocycles. The van der Waals surface area contributed by atoms with Gasteiger partial charge in [0.05, 0.1) is 11.4 Å². The lowest BCUT2D eigenvalue weighted by Gasteiger charge is -2.02. The van der Waals surface area contributed by atoms with Gasteiger partial charge in [-0.15, -0.1) is 0 Å². The number of carbonyl (C=O) groups is 1. The summed E-state index contributed by atoms with van der Waals surface area (Å²) in [7, 11) is 3.79. The molecule has 2 aromatic rings. The fourth-order valence-corrected chi connectivity index (χ4v) is 2.25. The van der Waals surface area contributed by atoms with Crippen molar-refractivity contribution in [2.24, 2.45) is 14.1 Å². The maximum atomic E-state index is 11.9. The molecule has 0 spiro atoms. The Hall–Kier alpha value is -1.49. The lowest BCUT2D eigenvalue weighted by molar-refractivity contribution is 0.101. The van der Waals surface area contributed by atoms with Crippen molar-refractivity contribution >= 4 is 17.5 Å². The summed E-state index contributed by atoms with van der Waals surface area (Å²) in [5.74, 6) is 0.545. The van der Waals surface area contributed by atoms with E-state index in [2.05, 4.69) is 4.98 Å². The number of Topliss-reactive ketones (excluding diaryl/α,β-unsaturated/α-hetero) is 1. The molecule has 0 saturated heterocycles. The fraction of sp³-hybridized carbons (Fsp3) is 0.273. The highest BCUT2D eigenvalue weighted by Gasteiger charge is 2.10. The second-order valence-corrected chi connectivity index (χ2v) is 4.48. The molecule has 5 heteroatoms. The molecule has 2 heterocycles. The number of carbonyl (C=O) groups excluding carboxylic acids is 1. The number of thioether (sulfide) groups is 1. The van der Waals surface area contributed by atoms with Crippen LogP contribution in [0.5, 0.6) is 0 Å². The molecule has 0 saturated carbocycles. The first-order chi connectivity index (χ1) is 7.68. The molecule has 0 aliphatic rings. The van der Waals surface area contributed by atoms with E-state index in [9.17, 15) is 4.79 Å². The molecule has 0 amide bonds.